The molecule has 0 saturated heterocycles. The van der Waals surface area contributed by atoms with Crippen LogP contribution in [0.1, 0.15) is 40.6 Å². The maximum Gasteiger partial charge on any atom is 0.250 e. The molecule has 0 bridgehead atoms. The number of nitrogens with two attached hydrogens (primary N) is 1. The Kier molecular flexibility index (Phi) is 1.68. The van der Waals surface area contributed by atoms with Crippen LogP contribution < -0.4 is 5.73 Å². The molecule has 1 fully saturated rings. The number of carbonyl (C=O) groups is 1. The van der Waals surface area contributed by atoms with Crippen LogP contribution in [0.15, 0.2) is 6.07 Å². The van der Waals surface area contributed by atoms with Crippen LogP contribution in [0.3, 0.4) is 0 Å². The largest absolute Gasteiger partial charge is 0.366 e. The summed E-state index contributed by atoms with van der Waals surface area (Å²) < 4.78 is 2.22. The molecule has 0 atom stereocenters. The summed E-state index contributed by atoms with van der Waals surface area (Å²) in [5.74, 6) is -0.319. The van der Waals surface area contributed by atoms with Gasteiger partial charge in [0.2, 0.25) is 0 Å². The first-order valence-corrected chi connectivity index (χ1v) is 4.59. The van der Waals surface area contributed by atoms with Gasteiger partial charge in [-0.15, -0.1) is 0 Å². The number of hydrogen-bond acceptors (Lipinski definition) is 1. The first-order chi connectivity index (χ1) is 6.11. The van der Waals surface area contributed by atoms with E-state index in [2.05, 4.69) is 4.57 Å². The predicted octanol–water partition coefficient (Wildman–Crippen LogP) is 1.54. The molecule has 1 heterocycles. The van der Waals surface area contributed by atoms with Crippen molar-refractivity contribution in [3.63, 3.8) is 0 Å². The molecule has 0 spiro atoms. The number of aromatic nitrogens is 1. The highest BCUT2D eigenvalue weighted by Gasteiger charge is 2.27. The van der Waals surface area contributed by atoms with Gasteiger partial charge in [0.1, 0.15) is 0 Å². The summed E-state index contributed by atoms with van der Waals surface area (Å²) >= 11 is 0. The van der Waals surface area contributed by atoms with E-state index in [1.165, 1.54) is 12.8 Å². The van der Waals surface area contributed by atoms with Crippen LogP contribution in [0.2, 0.25) is 0 Å². The molecule has 3 heteroatoms. The lowest BCUT2D eigenvalue weighted by atomic mass is 10.2. The molecule has 1 aromatic rings. The van der Waals surface area contributed by atoms with Crippen molar-refractivity contribution in [1.82, 2.24) is 4.57 Å². The quantitative estimate of drug-likeness (QED) is 0.733. The zero-order valence-corrected chi connectivity index (χ0v) is 8.00. The summed E-state index contributed by atoms with van der Waals surface area (Å²) in [4.78, 5) is 11.0. The first-order valence-electron chi connectivity index (χ1n) is 4.59. The van der Waals surface area contributed by atoms with E-state index >= 15 is 0 Å². The average molecular weight is 178 g/mol. The molecule has 1 amide bonds. The van der Waals surface area contributed by atoms with Crippen molar-refractivity contribution in [2.75, 3.05) is 0 Å². The Morgan fingerprint density at radius 3 is 2.54 bits per heavy atom. The molecule has 1 aromatic heterocycles. The van der Waals surface area contributed by atoms with Crippen LogP contribution in [0.4, 0.5) is 0 Å². The Bertz CT molecular complexity index is 361. The van der Waals surface area contributed by atoms with Gasteiger partial charge in [0.25, 0.3) is 5.91 Å². The Labute approximate surface area is 77.5 Å². The number of amides is 1. The van der Waals surface area contributed by atoms with Crippen molar-refractivity contribution < 1.29 is 4.79 Å². The molecular weight excluding hydrogens is 164 g/mol. The minimum atomic E-state index is -0.319. The standard InChI is InChI=1S/C10H14N2O/c1-6-5-9(10(11)13)7(2)12(6)8-3-4-8/h5,8H,3-4H2,1-2H3,(H2,11,13). The highest BCUT2D eigenvalue weighted by atomic mass is 16.1. The molecule has 0 unspecified atom stereocenters. The fourth-order valence-corrected chi connectivity index (χ4v) is 1.92. The predicted molar refractivity (Wildman–Crippen MR) is 50.7 cm³/mol. The lowest BCUT2D eigenvalue weighted by Gasteiger charge is -2.06. The normalized spacial score (nSPS) is 16.2. The van der Waals surface area contributed by atoms with Crippen molar-refractivity contribution in [3.05, 3.63) is 23.0 Å². The Morgan fingerprint density at radius 1 is 1.54 bits per heavy atom. The van der Waals surface area contributed by atoms with Gasteiger partial charge in [0.15, 0.2) is 0 Å². The van der Waals surface area contributed by atoms with Crippen LogP contribution in [0.25, 0.3) is 0 Å². The van der Waals surface area contributed by atoms with Crippen molar-refractivity contribution in [3.8, 4) is 0 Å². The molecule has 0 radical (unpaired) electrons. The first kappa shape index (κ1) is 8.35. The molecule has 1 saturated carbocycles. The second-order valence-corrected chi connectivity index (χ2v) is 3.75. The Balaban J connectivity index is 2.50. The van der Waals surface area contributed by atoms with Crippen molar-refractivity contribution >= 4 is 5.91 Å². The van der Waals surface area contributed by atoms with Crippen LogP contribution in [0.5, 0.6) is 0 Å². The maximum atomic E-state index is 11.0. The van der Waals surface area contributed by atoms with Gasteiger partial charge in [0, 0.05) is 17.4 Å². The second kappa shape index (κ2) is 2.62. The monoisotopic (exact) mass is 178 g/mol. The average Bonchev–Trinajstić information content (AvgIpc) is 2.80. The second-order valence-electron chi connectivity index (χ2n) is 3.75. The number of carbonyl (C=O) groups excluding carboxylic acids is 1. The fraction of sp³-hybridized carbons (Fsp3) is 0.500. The summed E-state index contributed by atoms with van der Waals surface area (Å²) in [5.41, 5.74) is 8.10. The molecular formula is C10H14N2O. The summed E-state index contributed by atoms with van der Waals surface area (Å²) in [6.45, 7) is 3.99. The van der Waals surface area contributed by atoms with Gasteiger partial charge >= 0.3 is 0 Å². The summed E-state index contributed by atoms with van der Waals surface area (Å²) in [6, 6.07) is 2.50. The zero-order chi connectivity index (χ0) is 9.59. The van der Waals surface area contributed by atoms with Gasteiger partial charge in [-0.05, 0) is 32.8 Å². The smallest absolute Gasteiger partial charge is 0.250 e. The molecule has 2 rings (SSSR count). The van der Waals surface area contributed by atoms with E-state index in [-0.39, 0.29) is 5.91 Å². The highest BCUT2D eigenvalue weighted by molar-refractivity contribution is 5.94. The third-order valence-electron chi connectivity index (χ3n) is 2.66. The van der Waals surface area contributed by atoms with E-state index in [1.807, 2.05) is 19.9 Å². The van der Waals surface area contributed by atoms with Crippen LogP contribution in [-0.2, 0) is 0 Å². The number of rotatable bonds is 2. The lowest BCUT2D eigenvalue weighted by molar-refractivity contribution is 0.0999. The summed E-state index contributed by atoms with van der Waals surface area (Å²) in [5, 5.41) is 0. The minimum Gasteiger partial charge on any atom is -0.366 e. The number of primary amides is 1. The van der Waals surface area contributed by atoms with Crippen molar-refractivity contribution in [2.24, 2.45) is 5.73 Å². The van der Waals surface area contributed by atoms with E-state index in [4.69, 9.17) is 5.73 Å². The molecule has 2 N–H and O–H groups in total. The molecule has 13 heavy (non-hydrogen) atoms. The van der Waals surface area contributed by atoms with Crippen LogP contribution in [0, 0.1) is 13.8 Å². The lowest BCUT2D eigenvalue weighted by Crippen LogP contribution is -2.12. The molecule has 1 aliphatic rings. The van der Waals surface area contributed by atoms with Gasteiger partial charge < -0.3 is 10.3 Å². The number of nitrogens with zero attached hydrogens (tertiary/aromatic N) is 1. The molecule has 1 aliphatic carbocycles. The van der Waals surface area contributed by atoms with E-state index in [9.17, 15) is 4.79 Å². The third-order valence-corrected chi connectivity index (χ3v) is 2.66. The molecule has 70 valence electrons. The van der Waals surface area contributed by atoms with Crippen molar-refractivity contribution in [2.45, 2.75) is 32.7 Å². The van der Waals surface area contributed by atoms with Gasteiger partial charge in [-0.25, -0.2) is 0 Å². The van der Waals surface area contributed by atoms with Crippen molar-refractivity contribution in [1.29, 1.82) is 0 Å². The van der Waals surface area contributed by atoms with E-state index in [0.29, 0.717) is 11.6 Å². The van der Waals surface area contributed by atoms with Gasteiger partial charge in [-0.3, -0.25) is 4.79 Å². The van der Waals surface area contributed by atoms with Gasteiger partial charge in [-0.1, -0.05) is 0 Å². The summed E-state index contributed by atoms with van der Waals surface area (Å²) in [7, 11) is 0. The van der Waals surface area contributed by atoms with E-state index in [0.717, 1.165) is 11.4 Å². The minimum absolute atomic E-state index is 0.319. The zero-order valence-electron chi connectivity index (χ0n) is 8.00. The van der Waals surface area contributed by atoms with E-state index < -0.39 is 0 Å². The third kappa shape index (κ3) is 1.24. The summed E-state index contributed by atoms with van der Waals surface area (Å²) in [6.07, 6.45) is 2.46. The maximum absolute atomic E-state index is 11.0. The number of aryl methyl sites for hydroxylation is 1. The Morgan fingerprint density at radius 2 is 2.15 bits per heavy atom. The molecule has 0 aromatic carbocycles. The highest BCUT2D eigenvalue weighted by Crippen LogP contribution is 2.38. The molecule has 3 nitrogen and oxygen atoms in total. The van der Waals surface area contributed by atoms with Crippen LogP contribution in [-0.4, -0.2) is 10.5 Å². The molecule has 0 aliphatic heterocycles. The fourth-order valence-electron chi connectivity index (χ4n) is 1.92. The van der Waals surface area contributed by atoms with Crippen LogP contribution >= 0.6 is 0 Å². The van der Waals surface area contributed by atoms with Gasteiger partial charge in [-0.2, -0.15) is 0 Å². The van der Waals surface area contributed by atoms with E-state index in [1.54, 1.807) is 0 Å². The topological polar surface area (TPSA) is 48.0 Å². The van der Waals surface area contributed by atoms with Gasteiger partial charge in [0.05, 0.1) is 5.56 Å². The SMILES string of the molecule is Cc1cc(C(N)=O)c(C)n1C1CC1. The Hall–Kier alpha value is -1.25. The number of hydrogen-bond donors (Lipinski definition) is 1.